The molecular formula is C14H19O2S+. The highest BCUT2D eigenvalue weighted by Crippen LogP contribution is 2.24. The minimum Gasteiger partial charge on any atom is -0.494 e. The maximum absolute atomic E-state index is 12.2. The number of rotatable bonds is 5. The van der Waals surface area contributed by atoms with E-state index in [4.69, 9.17) is 4.74 Å². The van der Waals surface area contributed by atoms with Crippen LogP contribution in [0.15, 0.2) is 12.1 Å². The molecule has 2 nitrogen and oxygen atoms in total. The summed E-state index contributed by atoms with van der Waals surface area (Å²) in [6.07, 6.45) is 0. The number of ketones is 1. The minimum absolute atomic E-state index is 0.309. The summed E-state index contributed by atoms with van der Waals surface area (Å²) >= 11 is 0. The van der Waals surface area contributed by atoms with Gasteiger partial charge in [0.2, 0.25) is 5.78 Å². The predicted molar refractivity (Wildman–Crippen MR) is 73.4 cm³/mol. The Labute approximate surface area is 106 Å². The molecule has 92 valence electrons. The Kier molecular flexibility index (Phi) is 3.77. The van der Waals surface area contributed by atoms with Crippen molar-refractivity contribution in [3.05, 3.63) is 28.8 Å². The van der Waals surface area contributed by atoms with Gasteiger partial charge >= 0.3 is 0 Å². The summed E-state index contributed by atoms with van der Waals surface area (Å²) in [6, 6.07) is 3.94. The van der Waals surface area contributed by atoms with Crippen molar-refractivity contribution < 1.29 is 9.53 Å². The smallest absolute Gasteiger partial charge is 0.212 e. The first-order valence-corrected chi connectivity index (χ1v) is 7.76. The van der Waals surface area contributed by atoms with Crippen molar-refractivity contribution in [2.75, 3.05) is 23.9 Å². The number of ether oxygens (including phenoxy) is 1. The van der Waals surface area contributed by atoms with Crippen molar-refractivity contribution in [2.45, 2.75) is 20.8 Å². The monoisotopic (exact) mass is 251 g/mol. The molecule has 1 aliphatic heterocycles. The van der Waals surface area contributed by atoms with Gasteiger partial charge in [0.15, 0.2) is 17.3 Å². The summed E-state index contributed by atoms with van der Waals surface area (Å²) in [6.45, 7) is 6.63. The maximum atomic E-state index is 12.2. The first-order valence-electron chi connectivity index (χ1n) is 6.03. The van der Waals surface area contributed by atoms with Crippen LogP contribution in [0.25, 0.3) is 0 Å². The van der Waals surface area contributed by atoms with Gasteiger partial charge in [-0.2, -0.15) is 0 Å². The summed E-state index contributed by atoms with van der Waals surface area (Å²) in [5.41, 5.74) is 3.00. The highest BCUT2D eigenvalue weighted by atomic mass is 32.2. The molecule has 0 saturated carbocycles. The van der Waals surface area contributed by atoms with E-state index in [9.17, 15) is 4.79 Å². The molecule has 1 fully saturated rings. The van der Waals surface area contributed by atoms with E-state index in [1.54, 1.807) is 0 Å². The van der Waals surface area contributed by atoms with Gasteiger partial charge in [-0.1, -0.05) is 0 Å². The fourth-order valence-corrected chi connectivity index (χ4v) is 3.35. The second-order valence-electron chi connectivity index (χ2n) is 4.45. The fraction of sp³-hybridized carbons (Fsp3) is 0.500. The van der Waals surface area contributed by atoms with Gasteiger partial charge in [-0.3, -0.25) is 4.79 Å². The molecule has 0 unspecified atom stereocenters. The number of hydrogen-bond acceptors (Lipinski definition) is 2. The zero-order valence-corrected chi connectivity index (χ0v) is 11.5. The van der Waals surface area contributed by atoms with Crippen molar-refractivity contribution in [3.8, 4) is 5.75 Å². The third kappa shape index (κ3) is 3.03. The van der Waals surface area contributed by atoms with E-state index >= 15 is 0 Å². The van der Waals surface area contributed by atoms with Gasteiger partial charge in [0.05, 0.1) is 6.61 Å². The Morgan fingerprint density at radius 1 is 1.29 bits per heavy atom. The van der Waals surface area contributed by atoms with Crippen LogP contribution >= 0.6 is 0 Å². The standard InChI is InChI=1S/C14H19O2S/c1-4-16-12-7-10(2)14(11(3)8-12)13(15)9-17-5-6-17/h7-8H,4-6,9H2,1-3H3/q+1. The van der Waals surface area contributed by atoms with Crippen molar-refractivity contribution in [2.24, 2.45) is 0 Å². The quantitative estimate of drug-likeness (QED) is 0.456. The Hall–Kier alpha value is -0.960. The zero-order chi connectivity index (χ0) is 12.4. The van der Waals surface area contributed by atoms with Crippen LogP contribution in [0.1, 0.15) is 28.4 Å². The Balaban J connectivity index is 2.23. The molecule has 0 N–H and O–H groups in total. The average Bonchev–Trinajstić information content (AvgIpc) is 3.00. The maximum Gasteiger partial charge on any atom is 0.212 e. The Bertz CT molecular complexity index is 413. The second-order valence-corrected chi connectivity index (χ2v) is 6.78. The molecule has 1 aromatic rings. The third-order valence-electron chi connectivity index (χ3n) is 2.92. The van der Waals surface area contributed by atoms with Gasteiger partial charge in [-0.15, -0.1) is 0 Å². The molecule has 0 bridgehead atoms. The van der Waals surface area contributed by atoms with E-state index in [0.717, 1.165) is 28.2 Å². The van der Waals surface area contributed by atoms with Crippen LogP contribution in [0.2, 0.25) is 0 Å². The van der Waals surface area contributed by atoms with E-state index in [-0.39, 0.29) is 0 Å². The Morgan fingerprint density at radius 2 is 1.88 bits per heavy atom. The number of hydrogen-bond donors (Lipinski definition) is 0. The number of aryl methyl sites for hydroxylation is 2. The predicted octanol–water partition coefficient (Wildman–Crippen LogP) is 2.52. The van der Waals surface area contributed by atoms with Crippen molar-refractivity contribution >= 4 is 16.7 Å². The van der Waals surface area contributed by atoms with E-state index in [0.29, 0.717) is 23.3 Å². The van der Waals surface area contributed by atoms with E-state index in [2.05, 4.69) is 0 Å². The van der Waals surface area contributed by atoms with Crippen LogP contribution in [-0.2, 0) is 10.9 Å². The molecule has 1 aliphatic rings. The molecule has 1 aromatic carbocycles. The molecule has 0 spiro atoms. The molecule has 1 saturated heterocycles. The lowest BCUT2D eigenvalue weighted by atomic mass is 9.99. The van der Waals surface area contributed by atoms with Gasteiger partial charge in [-0.25, -0.2) is 0 Å². The molecular weight excluding hydrogens is 232 g/mol. The van der Waals surface area contributed by atoms with Crippen LogP contribution < -0.4 is 4.74 Å². The molecule has 0 aromatic heterocycles. The number of benzene rings is 1. The van der Waals surface area contributed by atoms with Gasteiger partial charge in [0, 0.05) is 16.5 Å². The molecule has 0 radical (unpaired) electrons. The summed E-state index contributed by atoms with van der Waals surface area (Å²) in [5, 5.41) is 0. The molecule has 0 aliphatic carbocycles. The van der Waals surface area contributed by atoms with Crippen molar-refractivity contribution in [3.63, 3.8) is 0 Å². The molecule has 3 heteroatoms. The van der Waals surface area contributed by atoms with Crippen molar-refractivity contribution in [1.29, 1.82) is 0 Å². The SMILES string of the molecule is CCOc1cc(C)c(C(=O)C[S+]2CC2)c(C)c1. The Morgan fingerprint density at radius 3 is 2.35 bits per heavy atom. The summed E-state index contributed by atoms with van der Waals surface area (Å²) in [4.78, 5) is 12.2. The topological polar surface area (TPSA) is 26.3 Å². The van der Waals surface area contributed by atoms with Crippen molar-refractivity contribution in [1.82, 2.24) is 0 Å². The highest BCUT2D eigenvalue weighted by Gasteiger charge is 2.37. The fourth-order valence-electron chi connectivity index (χ4n) is 2.07. The minimum atomic E-state index is 0.309. The average molecular weight is 251 g/mol. The number of carbonyl (C=O) groups is 1. The normalized spacial score (nSPS) is 14.8. The largest absolute Gasteiger partial charge is 0.494 e. The number of carbonyl (C=O) groups excluding carboxylic acids is 1. The van der Waals surface area contributed by atoms with Gasteiger partial charge < -0.3 is 4.74 Å². The lowest BCUT2D eigenvalue weighted by Crippen LogP contribution is -2.12. The van der Waals surface area contributed by atoms with Gasteiger partial charge in [0.25, 0.3) is 0 Å². The number of Topliss-reactive ketones (excluding diaryl/α,β-unsaturated/α-hetero) is 1. The van der Waals surface area contributed by atoms with Crippen LogP contribution in [-0.4, -0.2) is 29.6 Å². The summed E-state index contributed by atoms with van der Waals surface area (Å²) < 4.78 is 5.49. The van der Waals surface area contributed by atoms with Gasteiger partial charge in [0.1, 0.15) is 5.75 Å². The van der Waals surface area contributed by atoms with Crippen LogP contribution in [0.3, 0.4) is 0 Å². The molecule has 1 heterocycles. The molecule has 0 amide bonds. The van der Waals surface area contributed by atoms with Crippen LogP contribution in [0.4, 0.5) is 0 Å². The van der Waals surface area contributed by atoms with E-state index in [1.165, 1.54) is 11.5 Å². The summed E-state index contributed by atoms with van der Waals surface area (Å²) in [7, 11) is 0.398. The van der Waals surface area contributed by atoms with E-state index in [1.807, 2.05) is 32.9 Å². The lowest BCUT2D eigenvalue weighted by Gasteiger charge is -2.10. The van der Waals surface area contributed by atoms with E-state index < -0.39 is 0 Å². The highest BCUT2D eigenvalue weighted by molar-refractivity contribution is 8.04. The second kappa shape index (κ2) is 5.13. The van der Waals surface area contributed by atoms with Gasteiger partial charge in [-0.05, 0) is 44.0 Å². The summed E-state index contributed by atoms with van der Waals surface area (Å²) in [5.74, 6) is 4.43. The zero-order valence-electron chi connectivity index (χ0n) is 10.7. The lowest BCUT2D eigenvalue weighted by molar-refractivity contribution is 0.102. The molecule has 17 heavy (non-hydrogen) atoms. The molecule has 0 atom stereocenters. The molecule has 2 rings (SSSR count). The van der Waals surface area contributed by atoms with Crippen LogP contribution in [0.5, 0.6) is 5.75 Å². The first-order chi connectivity index (χ1) is 8.11. The third-order valence-corrected chi connectivity index (χ3v) is 4.58. The first kappa shape index (κ1) is 12.5. The van der Waals surface area contributed by atoms with Crippen LogP contribution in [0, 0.1) is 13.8 Å².